The number of carbonyl (C=O) groups excluding carboxylic acids is 1. The number of halogens is 3. The number of nitrogens with zero attached hydrogens (tertiary/aromatic N) is 1. The van der Waals surface area contributed by atoms with Gasteiger partial charge in [-0.05, 0) is 68.0 Å². The molecule has 1 aliphatic rings. The SMILES string of the molecule is C[C@H](C(=O)N[C@H](C)c1ccc2c(c1)CCC2)N(c1cccc(C(F)(F)F)c1)S(C)(=O)=O. The van der Waals surface area contributed by atoms with E-state index in [-0.39, 0.29) is 11.7 Å². The summed E-state index contributed by atoms with van der Waals surface area (Å²) in [5.74, 6) is -0.601. The summed E-state index contributed by atoms with van der Waals surface area (Å²) in [6.45, 7) is 3.14. The van der Waals surface area contributed by atoms with Crippen LogP contribution >= 0.6 is 0 Å². The first kappa shape index (κ1) is 23.1. The van der Waals surface area contributed by atoms with Crippen molar-refractivity contribution in [3.8, 4) is 0 Å². The van der Waals surface area contributed by atoms with Gasteiger partial charge >= 0.3 is 6.18 Å². The zero-order chi connectivity index (χ0) is 23.0. The second-order valence-electron chi connectivity index (χ2n) is 7.89. The molecule has 168 valence electrons. The first-order valence-corrected chi connectivity index (χ1v) is 11.8. The van der Waals surface area contributed by atoms with Gasteiger partial charge in [-0.2, -0.15) is 13.2 Å². The van der Waals surface area contributed by atoms with Gasteiger partial charge in [0.15, 0.2) is 0 Å². The Labute approximate surface area is 180 Å². The van der Waals surface area contributed by atoms with Crippen molar-refractivity contribution in [3.05, 3.63) is 64.7 Å². The van der Waals surface area contributed by atoms with E-state index in [9.17, 15) is 26.4 Å². The predicted octanol–water partition coefficient (Wildman–Crippen LogP) is 4.23. The van der Waals surface area contributed by atoms with Crippen molar-refractivity contribution in [1.29, 1.82) is 0 Å². The maximum absolute atomic E-state index is 13.1. The van der Waals surface area contributed by atoms with Crippen molar-refractivity contribution in [3.63, 3.8) is 0 Å². The van der Waals surface area contributed by atoms with Crippen LogP contribution in [-0.4, -0.2) is 26.6 Å². The first-order chi connectivity index (χ1) is 14.4. The Kier molecular flexibility index (Phi) is 6.36. The second-order valence-corrected chi connectivity index (χ2v) is 9.75. The maximum atomic E-state index is 13.1. The molecule has 5 nitrogen and oxygen atoms in total. The van der Waals surface area contributed by atoms with Crippen molar-refractivity contribution < 1.29 is 26.4 Å². The number of amides is 1. The number of hydrogen-bond donors (Lipinski definition) is 1. The molecular formula is C22H25F3N2O3S. The van der Waals surface area contributed by atoms with Crippen LogP contribution in [0.3, 0.4) is 0 Å². The molecule has 0 spiro atoms. The molecule has 2 aromatic carbocycles. The molecule has 31 heavy (non-hydrogen) atoms. The van der Waals surface area contributed by atoms with E-state index in [2.05, 4.69) is 5.32 Å². The summed E-state index contributed by atoms with van der Waals surface area (Å²) in [5.41, 5.74) is 2.23. The van der Waals surface area contributed by atoms with Gasteiger partial charge in [0.25, 0.3) is 0 Å². The van der Waals surface area contributed by atoms with E-state index in [1.54, 1.807) is 6.92 Å². The summed E-state index contributed by atoms with van der Waals surface area (Å²) in [7, 11) is -4.03. The van der Waals surface area contributed by atoms with E-state index in [1.165, 1.54) is 24.1 Å². The van der Waals surface area contributed by atoms with Gasteiger partial charge in [-0.25, -0.2) is 8.42 Å². The van der Waals surface area contributed by atoms with E-state index >= 15 is 0 Å². The van der Waals surface area contributed by atoms with Crippen LogP contribution in [-0.2, 0) is 33.8 Å². The number of carbonyl (C=O) groups is 1. The smallest absolute Gasteiger partial charge is 0.348 e. The van der Waals surface area contributed by atoms with Gasteiger partial charge in [-0.3, -0.25) is 9.10 Å². The van der Waals surface area contributed by atoms with E-state index in [0.717, 1.165) is 49.3 Å². The van der Waals surface area contributed by atoms with Crippen LogP contribution in [0.4, 0.5) is 18.9 Å². The van der Waals surface area contributed by atoms with Crippen molar-refractivity contribution in [2.75, 3.05) is 10.6 Å². The normalized spacial score (nSPS) is 15.8. The number of hydrogen-bond acceptors (Lipinski definition) is 3. The zero-order valence-corrected chi connectivity index (χ0v) is 18.3. The average Bonchev–Trinajstić information content (AvgIpc) is 3.14. The number of rotatable bonds is 6. The Morgan fingerprint density at radius 3 is 2.39 bits per heavy atom. The highest BCUT2D eigenvalue weighted by molar-refractivity contribution is 7.92. The molecule has 3 rings (SSSR count). The van der Waals surface area contributed by atoms with Crippen LogP contribution in [0.25, 0.3) is 0 Å². The summed E-state index contributed by atoms with van der Waals surface area (Å²) in [6, 6.07) is 8.33. The van der Waals surface area contributed by atoms with Gasteiger partial charge in [0.1, 0.15) is 6.04 Å². The van der Waals surface area contributed by atoms with E-state index in [4.69, 9.17) is 0 Å². The van der Waals surface area contributed by atoms with Gasteiger partial charge in [0.05, 0.1) is 23.5 Å². The fraction of sp³-hybridized carbons (Fsp3) is 0.409. The lowest BCUT2D eigenvalue weighted by Gasteiger charge is -2.29. The van der Waals surface area contributed by atoms with Crippen LogP contribution in [0.15, 0.2) is 42.5 Å². The van der Waals surface area contributed by atoms with Crippen molar-refractivity contribution in [2.45, 2.75) is 51.4 Å². The number of anilines is 1. The largest absolute Gasteiger partial charge is 0.416 e. The third-order valence-corrected chi connectivity index (χ3v) is 6.74. The molecule has 0 fully saturated rings. The minimum Gasteiger partial charge on any atom is -0.348 e. The molecule has 0 radical (unpaired) electrons. The topological polar surface area (TPSA) is 66.5 Å². The Balaban J connectivity index is 1.83. The van der Waals surface area contributed by atoms with Crippen LogP contribution in [0.1, 0.15) is 48.6 Å². The summed E-state index contributed by atoms with van der Waals surface area (Å²) in [5, 5.41) is 2.79. The monoisotopic (exact) mass is 454 g/mol. The molecule has 0 saturated carbocycles. The van der Waals surface area contributed by atoms with Gasteiger partial charge in [-0.15, -0.1) is 0 Å². The zero-order valence-electron chi connectivity index (χ0n) is 17.5. The molecular weight excluding hydrogens is 429 g/mol. The molecule has 0 heterocycles. The number of fused-ring (bicyclic) bond motifs is 1. The summed E-state index contributed by atoms with van der Waals surface area (Å²) >= 11 is 0. The third-order valence-electron chi connectivity index (χ3n) is 5.50. The molecule has 0 unspecified atom stereocenters. The van der Waals surface area contributed by atoms with Crippen molar-refractivity contribution >= 4 is 21.6 Å². The van der Waals surface area contributed by atoms with Gasteiger partial charge in [0, 0.05) is 0 Å². The number of sulfonamides is 1. The Morgan fingerprint density at radius 2 is 1.74 bits per heavy atom. The molecule has 1 aliphatic carbocycles. The number of benzene rings is 2. The van der Waals surface area contributed by atoms with Crippen molar-refractivity contribution in [2.24, 2.45) is 0 Å². The fourth-order valence-electron chi connectivity index (χ4n) is 3.91. The predicted molar refractivity (Wildman–Crippen MR) is 113 cm³/mol. The summed E-state index contributed by atoms with van der Waals surface area (Å²) < 4.78 is 64.8. The molecule has 0 aliphatic heterocycles. The van der Waals surface area contributed by atoms with Crippen LogP contribution in [0.2, 0.25) is 0 Å². The highest BCUT2D eigenvalue weighted by Crippen LogP contribution is 2.33. The minimum atomic E-state index is -4.63. The van der Waals surface area contributed by atoms with Crippen LogP contribution in [0.5, 0.6) is 0 Å². The highest BCUT2D eigenvalue weighted by atomic mass is 32.2. The molecule has 0 aromatic heterocycles. The molecule has 1 N–H and O–H groups in total. The molecule has 2 aromatic rings. The lowest BCUT2D eigenvalue weighted by Crippen LogP contribution is -2.48. The summed E-state index contributed by atoms with van der Waals surface area (Å²) in [4.78, 5) is 12.9. The number of aryl methyl sites for hydroxylation is 2. The Morgan fingerprint density at radius 1 is 1.06 bits per heavy atom. The maximum Gasteiger partial charge on any atom is 0.416 e. The van der Waals surface area contributed by atoms with Gasteiger partial charge < -0.3 is 5.32 Å². The number of nitrogens with one attached hydrogen (secondary N) is 1. The fourth-order valence-corrected chi connectivity index (χ4v) is 5.07. The van der Waals surface area contributed by atoms with Gasteiger partial charge in [-0.1, -0.05) is 24.3 Å². The first-order valence-electron chi connectivity index (χ1n) is 9.96. The lowest BCUT2D eigenvalue weighted by atomic mass is 10.0. The van der Waals surface area contributed by atoms with Crippen LogP contribution < -0.4 is 9.62 Å². The minimum absolute atomic E-state index is 0.217. The Hall–Kier alpha value is -2.55. The lowest BCUT2D eigenvalue weighted by molar-refractivity contribution is -0.137. The van der Waals surface area contributed by atoms with E-state index < -0.39 is 33.7 Å². The third kappa shape index (κ3) is 5.20. The second kappa shape index (κ2) is 8.53. The van der Waals surface area contributed by atoms with E-state index in [0.29, 0.717) is 4.31 Å². The van der Waals surface area contributed by atoms with Crippen LogP contribution in [0, 0.1) is 0 Å². The molecule has 0 bridgehead atoms. The molecule has 1 amide bonds. The quantitative estimate of drug-likeness (QED) is 0.711. The Bertz CT molecular complexity index is 1080. The molecule has 0 saturated heterocycles. The standard InChI is InChI=1S/C22H25F3N2O3S/c1-14(17-11-10-16-6-4-7-18(16)12-17)26-21(28)15(2)27(31(3,29)30)20-9-5-8-19(13-20)22(23,24)25/h5,8-15H,4,6-7H2,1-3H3,(H,26,28)/t14-,15-/m1/s1. The average molecular weight is 455 g/mol. The number of alkyl halides is 3. The summed E-state index contributed by atoms with van der Waals surface area (Å²) in [6.07, 6.45) is -0.657. The van der Waals surface area contributed by atoms with E-state index in [1.807, 2.05) is 18.2 Å². The van der Waals surface area contributed by atoms with Crippen molar-refractivity contribution in [1.82, 2.24) is 5.32 Å². The highest BCUT2D eigenvalue weighted by Gasteiger charge is 2.34. The van der Waals surface area contributed by atoms with Gasteiger partial charge in [0.2, 0.25) is 15.9 Å². The molecule has 9 heteroatoms. The molecule has 2 atom stereocenters.